The van der Waals surface area contributed by atoms with E-state index in [0.717, 1.165) is 0 Å². The lowest BCUT2D eigenvalue weighted by molar-refractivity contribution is 0.459. The Hall–Kier alpha value is -0.900. The van der Waals surface area contributed by atoms with Crippen LogP contribution >= 0.6 is 0 Å². The summed E-state index contributed by atoms with van der Waals surface area (Å²) in [5.74, 6) is 0.530. The molecule has 0 spiro atoms. The molecule has 76 valence electrons. The summed E-state index contributed by atoms with van der Waals surface area (Å²) in [5, 5.41) is 0. The molecule has 1 saturated heterocycles. The summed E-state index contributed by atoms with van der Waals surface area (Å²) in [6.07, 6.45) is 0. The van der Waals surface area contributed by atoms with Gasteiger partial charge in [0.2, 0.25) is 0 Å². The van der Waals surface area contributed by atoms with E-state index in [4.69, 9.17) is 5.73 Å². The fourth-order valence-corrected chi connectivity index (χ4v) is 2.01. The number of hydrazine groups is 1. The topological polar surface area (TPSA) is 50.1 Å². The van der Waals surface area contributed by atoms with E-state index in [2.05, 4.69) is 42.0 Å². The molecule has 1 aliphatic rings. The summed E-state index contributed by atoms with van der Waals surface area (Å²) < 4.78 is 0. The Labute approximate surface area is 84.7 Å². The van der Waals surface area contributed by atoms with Gasteiger partial charge in [-0.1, -0.05) is 37.3 Å². The van der Waals surface area contributed by atoms with Gasteiger partial charge in [0.15, 0.2) is 0 Å². The highest BCUT2D eigenvalue weighted by Gasteiger charge is 2.31. The molecular formula is C11H17N3. The molecule has 3 atom stereocenters. The van der Waals surface area contributed by atoms with Crippen molar-refractivity contribution in [2.45, 2.75) is 19.0 Å². The van der Waals surface area contributed by atoms with Crippen molar-refractivity contribution in [2.75, 3.05) is 6.54 Å². The van der Waals surface area contributed by atoms with Crippen LogP contribution < -0.4 is 16.6 Å². The van der Waals surface area contributed by atoms with Gasteiger partial charge in [-0.05, 0) is 11.5 Å². The normalized spacial score (nSPS) is 32.0. The van der Waals surface area contributed by atoms with Crippen molar-refractivity contribution in [2.24, 2.45) is 11.7 Å². The third-order valence-corrected chi connectivity index (χ3v) is 3.00. The second kappa shape index (κ2) is 4.09. The lowest BCUT2D eigenvalue weighted by atomic mass is 9.91. The Kier molecular flexibility index (Phi) is 2.82. The maximum absolute atomic E-state index is 5.66. The number of nitrogens with one attached hydrogen (secondary N) is 2. The van der Waals surface area contributed by atoms with Crippen molar-refractivity contribution < 1.29 is 0 Å². The highest BCUT2D eigenvalue weighted by atomic mass is 15.4. The molecule has 0 amide bonds. The molecule has 1 heterocycles. The van der Waals surface area contributed by atoms with E-state index >= 15 is 0 Å². The average molecular weight is 191 g/mol. The van der Waals surface area contributed by atoms with Crippen molar-refractivity contribution >= 4 is 0 Å². The van der Waals surface area contributed by atoms with E-state index in [1.165, 1.54) is 5.56 Å². The Bertz CT molecular complexity index is 286. The first-order valence-corrected chi connectivity index (χ1v) is 5.09. The predicted octanol–water partition coefficient (Wildman–Crippen LogP) is 0.799. The van der Waals surface area contributed by atoms with Gasteiger partial charge in [0.1, 0.15) is 0 Å². The number of nitrogens with two attached hydrogens (primary N) is 1. The molecule has 2 rings (SSSR count). The molecule has 14 heavy (non-hydrogen) atoms. The number of benzene rings is 1. The molecule has 4 N–H and O–H groups in total. The SMILES string of the molecule is CC1C(CN)NNC1c1ccccc1. The van der Waals surface area contributed by atoms with Crippen LogP contribution in [0.15, 0.2) is 30.3 Å². The lowest BCUT2D eigenvalue weighted by Gasteiger charge is -2.17. The van der Waals surface area contributed by atoms with E-state index < -0.39 is 0 Å². The Morgan fingerprint density at radius 2 is 1.93 bits per heavy atom. The second-order valence-corrected chi connectivity index (χ2v) is 3.88. The smallest absolute Gasteiger partial charge is 0.0503 e. The minimum Gasteiger partial charge on any atom is -0.329 e. The van der Waals surface area contributed by atoms with Crippen LogP contribution in [0.25, 0.3) is 0 Å². The predicted molar refractivity (Wildman–Crippen MR) is 57.5 cm³/mol. The zero-order valence-electron chi connectivity index (χ0n) is 8.40. The van der Waals surface area contributed by atoms with Crippen molar-refractivity contribution in [1.29, 1.82) is 0 Å². The molecule has 0 radical (unpaired) electrons. The van der Waals surface area contributed by atoms with E-state index in [-0.39, 0.29) is 0 Å². The molecule has 0 saturated carbocycles. The molecule has 3 nitrogen and oxygen atoms in total. The van der Waals surface area contributed by atoms with Crippen LogP contribution in [0.4, 0.5) is 0 Å². The highest BCUT2D eigenvalue weighted by molar-refractivity contribution is 5.21. The van der Waals surface area contributed by atoms with Crippen LogP contribution in [0.1, 0.15) is 18.5 Å². The van der Waals surface area contributed by atoms with E-state index in [9.17, 15) is 0 Å². The minimum atomic E-state index is 0.375. The summed E-state index contributed by atoms with van der Waals surface area (Å²) >= 11 is 0. The molecule has 1 aromatic carbocycles. The third-order valence-electron chi connectivity index (χ3n) is 3.00. The molecule has 0 aromatic heterocycles. The van der Waals surface area contributed by atoms with Crippen LogP contribution in [0.3, 0.4) is 0 Å². The van der Waals surface area contributed by atoms with Gasteiger partial charge in [0.25, 0.3) is 0 Å². The van der Waals surface area contributed by atoms with Crippen molar-refractivity contribution in [3.63, 3.8) is 0 Å². The van der Waals surface area contributed by atoms with E-state index in [0.29, 0.717) is 24.5 Å². The summed E-state index contributed by atoms with van der Waals surface area (Å²) in [5.41, 5.74) is 13.5. The largest absolute Gasteiger partial charge is 0.329 e. The standard InChI is InChI=1S/C11H17N3/c1-8-10(7-12)13-14-11(8)9-5-3-2-4-6-9/h2-6,8,10-11,13-14H,7,12H2,1H3. The zero-order chi connectivity index (χ0) is 9.97. The fourth-order valence-electron chi connectivity index (χ4n) is 2.01. The maximum Gasteiger partial charge on any atom is 0.0503 e. The molecule has 0 aliphatic carbocycles. The minimum absolute atomic E-state index is 0.375. The first-order chi connectivity index (χ1) is 6.83. The average Bonchev–Trinajstić information content (AvgIpc) is 2.61. The van der Waals surface area contributed by atoms with Gasteiger partial charge in [0, 0.05) is 12.6 Å². The molecule has 1 aliphatic heterocycles. The first-order valence-electron chi connectivity index (χ1n) is 5.09. The monoisotopic (exact) mass is 191 g/mol. The lowest BCUT2D eigenvalue weighted by Crippen LogP contribution is -2.37. The van der Waals surface area contributed by atoms with E-state index in [1.54, 1.807) is 0 Å². The molecule has 3 heteroatoms. The summed E-state index contributed by atoms with van der Waals surface area (Å²) in [6.45, 7) is 2.90. The van der Waals surface area contributed by atoms with Crippen molar-refractivity contribution in [1.82, 2.24) is 10.9 Å². The first kappa shape index (κ1) is 9.65. The Morgan fingerprint density at radius 1 is 1.21 bits per heavy atom. The molecule has 0 bridgehead atoms. The van der Waals surface area contributed by atoms with Gasteiger partial charge in [-0.15, -0.1) is 0 Å². The Balaban J connectivity index is 2.14. The molecule has 3 unspecified atom stereocenters. The van der Waals surface area contributed by atoms with Gasteiger partial charge in [-0.2, -0.15) is 0 Å². The zero-order valence-corrected chi connectivity index (χ0v) is 8.40. The highest BCUT2D eigenvalue weighted by Crippen LogP contribution is 2.27. The molecule has 1 aromatic rings. The van der Waals surface area contributed by atoms with Gasteiger partial charge in [0.05, 0.1) is 6.04 Å². The van der Waals surface area contributed by atoms with Crippen LogP contribution in [-0.2, 0) is 0 Å². The molecular weight excluding hydrogens is 174 g/mol. The van der Waals surface area contributed by atoms with Crippen molar-refractivity contribution in [3.05, 3.63) is 35.9 Å². The number of hydrogen-bond acceptors (Lipinski definition) is 3. The fraction of sp³-hybridized carbons (Fsp3) is 0.455. The van der Waals surface area contributed by atoms with Gasteiger partial charge >= 0.3 is 0 Å². The van der Waals surface area contributed by atoms with Crippen LogP contribution in [-0.4, -0.2) is 12.6 Å². The number of rotatable bonds is 2. The quantitative estimate of drug-likeness (QED) is 0.648. The van der Waals surface area contributed by atoms with Crippen molar-refractivity contribution in [3.8, 4) is 0 Å². The van der Waals surface area contributed by atoms with Gasteiger partial charge < -0.3 is 5.73 Å². The summed E-state index contributed by atoms with van der Waals surface area (Å²) in [7, 11) is 0. The summed E-state index contributed by atoms with van der Waals surface area (Å²) in [6, 6.07) is 11.2. The summed E-state index contributed by atoms with van der Waals surface area (Å²) in [4.78, 5) is 0. The van der Waals surface area contributed by atoms with Crippen LogP contribution in [0.2, 0.25) is 0 Å². The number of hydrogen-bond donors (Lipinski definition) is 3. The Morgan fingerprint density at radius 3 is 2.50 bits per heavy atom. The third kappa shape index (κ3) is 1.66. The second-order valence-electron chi connectivity index (χ2n) is 3.88. The van der Waals surface area contributed by atoms with Gasteiger partial charge in [-0.25, -0.2) is 5.43 Å². The van der Waals surface area contributed by atoms with E-state index in [1.807, 2.05) is 6.07 Å². The molecule has 1 fully saturated rings. The maximum atomic E-state index is 5.66. The van der Waals surface area contributed by atoms with Crippen LogP contribution in [0, 0.1) is 5.92 Å². The van der Waals surface area contributed by atoms with Gasteiger partial charge in [-0.3, -0.25) is 5.43 Å². The van der Waals surface area contributed by atoms with Crippen LogP contribution in [0.5, 0.6) is 0 Å².